The van der Waals surface area contributed by atoms with Crippen LogP contribution in [0.25, 0.3) is 0 Å². The van der Waals surface area contributed by atoms with Gasteiger partial charge >= 0.3 is 6.09 Å². The molecule has 0 radical (unpaired) electrons. The van der Waals surface area contributed by atoms with E-state index in [-0.39, 0.29) is 18.1 Å². The number of carbonyl (C=O) groups is 2. The van der Waals surface area contributed by atoms with Gasteiger partial charge in [-0.05, 0) is 72.1 Å². The lowest BCUT2D eigenvalue weighted by atomic mass is 9.84. The average molecular weight is 634 g/mol. The van der Waals surface area contributed by atoms with Gasteiger partial charge in [0.05, 0.1) is 13.2 Å². The van der Waals surface area contributed by atoms with Gasteiger partial charge in [-0.3, -0.25) is 4.79 Å². The summed E-state index contributed by atoms with van der Waals surface area (Å²) >= 11 is 0. The first-order valence-corrected chi connectivity index (χ1v) is 16.5. The predicted molar refractivity (Wildman–Crippen MR) is 183 cm³/mol. The van der Waals surface area contributed by atoms with Crippen LogP contribution in [0.5, 0.6) is 5.75 Å². The van der Waals surface area contributed by atoms with Gasteiger partial charge in [0, 0.05) is 24.7 Å². The molecule has 244 valence electrons. The molecule has 6 rings (SSSR count). The van der Waals surface area contributed by atoms with E-state index in [1.54, 1.807) is 0 Å². The second-order valence-electron chi connectivity index (χ2n) is 12.2. The van der Waals surface area contributed by atoms with Crippen LogP contribution in [0.15, 0.2) is 103 Å². The van der Waals surface area contributed by atoms with Crippen molar-refractivity contribution in [2.24, 2.45) is 0 Å². The smallest absolute Gasteiger partial charge is 0.407 e. The third-order valence-electron chi connectivity index (χ3n) is 9.06. The second-order valence-corrected chi connectivity index (χ2v) is 12.2. The summed E-state index contributed by atoms with van der Waals surface area (Å²) in [4.78, 5) is 26.6. The van der Waals surface area contributed by atoms with Gasteiger partial charge in [0.25, 0.3) is 0 Å². The summed E-state index contributed by atoms with van der Waals surface area (Å²) in [5, 5.41) is 9.46. The summed E-state index contributed by atoms with van der Waals surface area (Å²) in [5.74, 6) is 0.208. The van der Waals surface area contributed by atoms with Crippen molar-refractivity contribution in [3.05, 3.63) is 131 Å². The monoisotopic (exact) mass is 633 g/mol. The molecule has 8 heteroatoms. The molecule has 1 heterocycles. The Kier molecular flexibility index (Phi) is 10.8. The highest BCUT2D eigenvalue weighted by atomic mass is 16.5. The number of aryl methyl sites for hydroxylation is 2. The maximum atomic E-state index is 14.1. The van der Waals surface area contributed by atoms with Crippen molar-refractivity contribution in [2.45, 2.75) is 56.3 Å². The maximum absolute atomic E-state index is 14.1. The Labute approximate surface area is 276 Å². The standard InChI is InChI=1S/C39H43N3O5/c1-45-39(44)42-37(36(29-13-4-2-5-14-29)30-15-6-3-7-16-30)38(43)41-34-20-9-8-12-28(34)22-23-31-24-40-25-32(47-31)26-46-35-21-11-18-27-17-10-19-33(27)35/h2-9,11-16,18,20-21,31-32,36-37,40H,10,17,19,22-26H2,1H3,(H,41,43)(H,42,44)/t31-,32+,37?/m1/s1. The van der Waals surface area contributed by atoms with Crippen LogP contribution in [0.3, 0.4) is 0 Å². The average Bonchev–Trinajstić information content (AvgIpc) is 3.61. The maximum Gasteiger partial charge on any atom is 0.407 e. The third kappa shape index (κ3) is 8.20. The SMILES string of the molecule is COC(=O)NC(C(=O)Nc1ccccc1CC[C@@H]1CNC[C@@H](COc2cccc3c2CCC3)O1)C(c1ccccc1)c1ccccc1. The Bertz CT molecular complexity index is 1590. The Balaban J connectivity index is 1.12. The normalized spacial score (nSPS) is 17.8. The molecule has 0 spiro atoms. The first-order chi connectivity index (χ1) is 23.1. The molecule has 0 bridgehead atoms. The van der Waals surface area contributed by atoms with Gasteiger partial charge in [0.2, 0.25) is 5.91 Å². The number of alkyl carbamates (subject to hydrolysis) is 1. The van der Waals surface area contributed by atoms with Gasteiger partial charge in [0.15, 0.2) is 0 Å². The zero-order valence-corrected chi connectivity index (χ0v) is 26.8. The Morgan fingerprint density at radius 3 is 2.30 bits per heavy atom. The van der Waals surface area contributed by atoms with E-state index in [0.717, 1.165) is 54.8 Å². The molecule has 1 aliphatic carbocycles. The quantitative estimate of drug-likeness (QED) is 0.176. The van der Waals surface area contributed by atoms with Gasteiger partial charge in [-0.15, -0.1) is 0 Å². The highest BCUT2D eigenvalue weighted by Crippen LogP contribution is 2.32. The molecule has 1 fully saturated rings. The number of fused-ring (bicyclic) bond motifs is 1. The van der Waals surface area contributed by atoms with Gasteiger partial charge in [-0.1, -0.05) is 91.0 Å². The molecule has 3 atom stereocenters. The second kappa shape index (κ2) is 15.8. The van der Waals surface area contributed by atoms with Crippen molar-refractivity contribution in [3.8, 4) is 5.75 Å². The summed E-state index contributed by atoms with van der Waals surface area (Å²) in [6.07, 6.45) is 4.16. The van der Waals surface area contributed by atoms with E-state index in [9.17, 15) is 9.59 Å². The van der Waals surface area contributed by atoms with Crippen LogP contribution in [-0.4, -0.2) is 57.1 Å². The summed E-state index contributed by atoms with van der Waals surface area (Å²) in [6.45, 7) is 2.01. The van der Waals surface area contributed by atoms with Crippen LogP contribution >= 0.6 is 0 Å². The number of ether oxygens (including phenoxy) is 3. The molecule has 4 aromatic rings. The summed E-state index contributed by atoms with van der Waals surface area (Å²) in [5.41, 5.74) is 6.25. The first-order valence-electron chi connectivity index (χ1n) is 16.5. The zero-order chi connectivity index (χ0) is 32.4. The van der Waals surface area contributed by atoms with Crippen molar-refractivity contribution in [3.63, 3.8) is 0 Å². The predicted octanol–water partition coefficient (Wildman–Crippen LogP) is 6.04. The minimum absolute atomic E-state index is 0.0110. The highest BCUT2D eigenvalue weighted by molar-refractivity contribution is 5.98. The Hall–Kier alpha value is -4.66. The minimum Gasteiger partial charge on any atom is -0.491 e. The number of hydrogen-bond donors (Lipinski definition) is 3. The van der Waals surface area contributed by atoms with Crippen LogP contribution in [-0.2, 0) is 33.5 Å². The number of benzene rings is 4. The van der Waals surface area contributed by atoms with E-state index >= 15 is 0 Å². The molecule has 3 N–H and O–H groups in total. The minimum atomic E-state index is -0.933. The zero-order valence-electron chi connectivity index (χ0n) is 26.8. The lowest BCUT2D eigenvalue weighted by Crippen LogP contribution is -2.48. The van der Waals surface area contributed by atoms with Crippen molar-refractivity contribution >= 4 is 17.7 Å². The lowest BCUT2D eigenvalue weighted by Gasteiger charge is -2.31. The van der Waals surface area contributed by atoms with Crippen molar-refractivity contribution in [1.29, 1.82) is 0 Å². The number of morpholine rings is 1. The summed E-state index contributed by atoms with van der Waals surface area (Å²) < 4.78 is 17.7. The largest absolute Gasteiger partial charge is 0.491 e. The van der Waals surface area contributed by atoms with E-state index < -0.39 is 18.1 Å². The fourth-order valence-electron chi connectivity index (χ4n) is 6.72. The van der Waals surface area contributed by atoms with Gasteiger partial charge in [-0.25, -0.2) is 4.79 Å². The fourth-order valence-corrected chi connectivity index (χ4v) is 6.72. The van der Waals surface area contributed by atoms with Crippen molar-refractivity contribution in [2.75, 3.05) is 32.1 Å². The Morgan fingerprint density at radius 2 is 1.55 bits per heavy atom. The van der Waals surface area contributed by atoms with Gasteiger partial charge in [-0.2, -0.15) is 0 Å². The van der Waals surface area contributed by atoms with Crippen molar-refractivity contribution in [1.82, 2.24) is 10.6 Å². The molecule has 2 aliphatic rings. The first kappa shape index (κ1) is 32.3. The molecule has 0 aromatic heterocycles. The van der Waals surface area contributed by atoms with Gasteiger partial charge in [0.1, 0.15) is 24.5 Å². The number of hydrogen-bond acceptors (Lipinski definition) is 6. The molecule has 0 saturated carbocycles. The van der Waals surface area contributed by atoms with E-state index in [0.29, 0.717) is 18.7 Å². The fraction of sp³-hybridized carbons (Fsp3) is 0.333. The summed E-state index contributed by atoms with van der Waals surface area (Å²) in [6, 6.07) is 32.7. The van der Waals surface area contributed by atoms with Crippen LogP contribution in [0.2, 0.25) is 0 Å². The van der Waals surface area contributed by atoms with E-state index in [1.165, 1.54) is 24.7 Å². The number of rotatable bonds is 12. The van der Waals surface area contributed by atoms with E-state index in [2.05, 4.69) is 34.1 Å². The van der Waals surface area contributed by atoms with E-state index in [1.807, 2.05) is 84.9 Å². The number of carbonyl (C=O) groups excluding carboxylic acids is 2. The molecule has 8 nitrogen and oxygen atoms in total. The third-order valence-corrected chi connectivity index (χ3v) is 9.06. The molecular formula is C39H43N3O5. The molecule has 1 saturated heterocycles. The molecular weight excluding hydrogens is 590 g/mol. The molecule has 2 amide bonds. The number of para-hydroxylation sites is 1. The number of anilines is 1. The van der Waals surface area contributed by atoms with Crippen LogP contribution in [0.4, 0.5) is 10.5 Å². The van der Waals surface area contributed by atoms with Gasteiger partial charge < -0.3 is 30.2 Å². The Morgan fingerprint density at radius 1 is 0.851 bits per heavy atom. The summed E-state index contributed by atoms with van der Waals surface area (Å²) in [7, 11) is 1.30. The topological polar surface area (TPSA) is 97.9 Å². The lowest BCUT2D eigenvalue weighted by molar-refractivity contribution is -0.118. The number of methoxy groups -OCH3 is 1. The molecule has 1 aliphatic heterocycles. The molecule has 47 heavy (non-hydrogen) atoms. The number of amides is 2. The molecule has 1 unspecified atom stereocenters. The van der Waals surface area contributed by atoms with Crippen LogP contribution < -0.4 is 20.7 Å². The number of nitrogens with one attached hydrogen (secondary N) is 3. The van der Waals surface area contributed by atoms with E-state index in [4.69, 9.17) is 14.2 Å². The van der Waals surface area contributed by atoms with Crippen LogP contribution in [0, 0.1) is 0 Å². The molecule has 4 aromatic carbocycles. The van der Waals surface area contributed by atoms with Crippen LogP contribution in [0.1, 0.15) is 46.6 Å². The van der Waals surface area contributed by atoms with Crippen molar-refractivity contribution < 1.29 is 23.8 Å². The highest BCUT2D eigenvalue weighted by Gasteiger charge is 2.33.